The maximum atomic E-state index is 13.5. The van der Waals surface area contributed by atoms with Crippen molar-refractivity contribution < 1.29 is 35.9 Å². The van der Waals surface area contributed by atoms with E-state index in [-0.39, 0.29) is 22.5 Å². The van der Waals surface area contributed by atoms with Gasteiger partial charge >= 0.3 is 18.2 Å². The molecule has 1 N–H and O–H groups in total. The van der Waals surface area contributed by atoms with Crippen LogP contribution in [0.5, 0.6) is 0 Å². The molecule has 1 fully saturated rings. The Morgan fingerprint density at radius 1 is 1.15 bits per heavy atom. The number of sulfonamides is 1. The minimum atomic E-state index is -5.14. The number of anilines is 1. The van der Waals surface area contributed by atoms with E-state index in [0.717, 1.165) is 18.4 Å². The van der Waals surface area contributed by atoms with Gasteiger partial charge in [-0.05, 0) is 65.5 Å². The van der Waals surface area contributed by atoms with Crippen LogP contribution in [-0.2, 0) is 31.9 Å². The van der Waals surface area contributed by atoms with Crippen LogP contribution in [0.1, 0.15) is 30.4 Å². The summed E-state index contributed by atoms with van der Waals surface area (Å²) in [6.45, 7) is 0.116. The highest BCUT2D eigenvalue weighted by Crippen LogP contribution is 2.31. The Labute approximate surface area is 234 Å². The summed E-state index contributed by atoms with van der Waals surface area (Å²) in [5.74, 6) is -2.46. The van der Waals surface area contributed by atoms with Crippen molar-refractivity contribution >= 4 is 43.6 Å². The van der Waals surface area contributed by atoms with E-state index in [2.05, 4.69) is 20.7 Å². The molecule has 0 aliphatic carbocycles. The van der Waals surface area contributed by atoms with Crippen LogP contribution in [0.4, 0.5) is 23.7 Å². The number of likely N-dealkylation sites (tertiary alicyclic amines) is 1. The molecule has 0 aromatic heterocycles. The highest BCUT2D eigenvalue weighted by molar-refractivity contribution is 9.10. The summed E-state index contributed by atoms with van der Waals surface area (Å²) in [5.41, 5.74) is 1.08. The van der Waals surface area contributed by atoms with Gasteiger partial charge in [0.1, 0.15) is 6.61 Å². The summed E-state index contributed by atoms with van der Waals surface area (Å²) >= 11 is 3.18. The number of amides is 2. The van der Waals surface area contributed by atoms with E-state index < -0.39 is 40.8 Å². The Morgan fingerprint density at radius 2 is 1.87 bits per heavy atom. The maximum absolute atomic E-state index is 13.5. The van der Waals surface area contributed by atoms with Gasteiger partial charge in [-0.15, -0.1) is 0 Å². The number of hydrogen-bond acceptors (Lipinski definition) is 5. The topological polar surface area (TPSA) is 96.0 Å². The molecule has 8 nitrogen and oxygen atoms in total. The van der Waals surface area contributed by atoms with Crippen LogP contribution in [0.3, 0.4) is 0 Å². The molecule has 0 spiro atoms. The predicted octanol–water partition coefficient (Wildman–Crippen LogP) is 5.14. The average molecular weight is 632 g/mol. The molecule has 2 aromatic rings. The summed E-state index contributed by atoms with van der Waals surface area (Å²) in [6.07, 6.45) is -0.435. The number of benzene rings is 2. The molecule has 2 aromatic carbocycles. The lowest BCUT2D eigenvalue weighted by Crippen LogP contribution is -2.43. The van der Waals surface area contributed by atoms with E-state index >= 15 is 0 Å². The van der Waals surface area contributed by atoms with Crippen LogP contribution in [0.25, 0.3) is 0 Å². The van der Waals surface area contributed by atoms with Gasteiger partial charge in [0.25, 0.3) is 0 Å². The van der Waals surface area contributed by atoms with Crippen molar-refractivity contribution in [3.8, 4) is 0 Å². The van der Waals surface area contributed by atoms with Crippen LogP contribution in [0, 0.1) is 0 Å². The highest BCUT2D eigenvalue weighted by Gasteiger charge is 2.43. The second-order valence-electron chi connectivity index (χ2n) is 8.89. The first kappa shape index (κ1) is 30.6. The van der Waals surface area contributed by atoms with Crippen molar-refractivity contribution in [2.24, 2.45) is 0 Å². The molecule has 1 atom stereocenters. The lowest BCUT2D eigenvalue weighted by molar-refractivity contribution is -0.170. The predicted molar refractivity (Wildman–Crippen MR) is 144 cm³/mol. The zero-order valence-corrected chi connectivity index (χ0v) is 23.6. The molecular weight excluding hydrogens is 603 g/mol. The number of nitrogens with zero attached hydrogens (tertiary/aromatic N) is 2. The molecule has 0 bridgehead atoms. The summed E-state index contributed by atoms with van der Waals surface area (Å²) in [6, 6.07) is 12.7. The first-order valence-corrected chi connectivity index (χ1v) is 14.6. The van der Waals surface area contributed by atoms with E-state index in [1.807, 2.05) is 30.3 Å². The van der Waals surface area contributed by atoms with Gasteiger partial charge in [0.2, 0.25) is 10.0 Å². The minimum absolute atomic E-state index is 0.0737. The van der Waals surface area contributed by atoms with Crippen LogP contribution >= 0.6 is 15.9 Å². The van der Waals surface area contributed by atoms with E-state index in [1.165, 1.54) is 36.2 Å². The Hall–Kier alpha value is -2.90. The molecule has 212 valence electrons. The summed E-state index contributed by atoms with van der Waals surface area (Å²) in [7, 11) is -2.35. The van der Waals surface area contributed by atoms with Crippen molar-refractivity contribution in [3.63, 3.8) is 0 Å². The molecule has 1 aliphatic heterocycles. The molecule has 2 amide bonds. The quantitative estimate of drug-likeness (QED) is 0.387. The Bertz CT molecular complexity index is 1290. The summed E-state index contributed by atoms with van der Waals surface area (Å²) < 4.78 is 71.7. The zero-order valence-electron chi connectivity index (χ0n) is 21.2. The Morgan fingerprint density at radius 3 is 2.51 bits per heavy atom. The molecule has 1 aliphatic rings. The molecule has 13 heteroatoms. The number of carbonyl (C=O) groups excluding carboxylic acids is 2. The highest BCUT2D eigenvalue weighted by atomic mass is 79.9. The molecule has 0 saturated carbocycles. The second-order valence-corrected chi connectivity index (χ2v) is 11.7. The van der Waals surface area contributed by atoms with E-state index in [9.17, 15) is 31.2 Å². The van der Waals surface area contributed by atoms with Crippen LogP contribution in [-0.4, -0.2) is 57.7 Å². The number of hydrogen-bond donors (Lipinski definition) is 1. The Kier molecular flexibility index (Phi) is 10.6. The fourth-order valence-electron chi connectivity index (χ4n) is 4.10. The van der Waals surface area contributed by atoms with E-state index in [4.69, 9.17) is 4.74 Å². The maximum Gasteiger partial charge on any atom is 0.471 e. The fourth-order valence-corrected chi connectivity index (χ4v) is 5.51. The normalized spacial score (nSPS) is 16.3. The van der Waals surface area contributed by atoms with Gasteiger partial charge in [0.05, 0.1) is 17.5 Å². The third kappa shape index (κ3) is 8.80. The first-order chi connectivity index (χ1) is 18.4. The number of piperidine rings is 1. The van der Waals surface area contributed by atoms with Crippen molar-refractivity contribution in [1.82, 2.24) is 9.62 Å². The third-order valence-electron chi connectivity index (χ3n) is 6.09. The van der Waals surface area contributed by atoms with Gasteiger partial charge in [-0.25, -0.2) is 17.9 Å². The number of halogens is 4. The number of nitrogens with one attached hydrogen (secondary N) is 1. The molecular formula is C26H29BrF3N3O5S. The first-order valence-electron chi connectivity index (χ1n) is 12.1. The molecule has 1 saturated heterocycles. The molecule has 1 heterocycles. The lowest BCUT2D eigenvalue weighted by atomic mass is 10.0. The van der Waals surface area contributed by atoms with E-state index in [1.54, 1.807) is 6.08 Å². The van der Waals surface area contributed by atoms with Gasteiger partial charge < -0.3 is 9.64 Å². The molecule has 3 rings (SSSR count). The zero-order chi connectivity index (χ0) is 28.6. The van der Waals surface area contributed by atoms with Gasteiger partial charge in [-0.3, -0.25) is 9.69 Å². The Balaban J connectivity index is 1.76. The molecule has 1 unspecified atom stereocenters. The van der Waals surface area contributed by atoms with Crippen molar-refractivity contribution in [3.05, 3.63) is 76.3 Å². The number of alkyl halides is 3. The second kappa shape index (κ2) is 13.4. The van der Waals surface area contributed by atoms with Crippen molar-refractivity contribution in [2.45, 2.75) is 43.8 Å². The van der Waals surface area contributed by atoms with Gasteiger partial charge in [0.15, 0.2) is 0 Å². The van der Waals surface area contributed by atoms with Gasteiger partial charge in [-0.1, -0.05) is 48.6 Å². The third-order valence-corrected chi connectivity index (χ3v) is 8.06. The minimum Gasteiger partial charge on any atom is -0.445 e. The number of rotatable bonds is 9. The smallest absolute Gasteiger partial charge is 0.445 e. The van der Waals surface area contributed by atoms with Gasteiger partial charge in [-0.2, -0.15) is 13.2 Å². The van der Waals surface area contributed by atoms with Crippen LogP contribution in [0.15, 0.2) is 65.2 Å². The lowest BCUT2D eigenvalue weighted by Gasteiger charge is -2.33. The largest absolute Gasteiger partial charge is 0.471 e. The number of carbonyl (C=O) groups is 2. The monoisotopic (exact) mass is 631 g/mol. The molecule has 0 radical (unpaired) electrons. The fraction of sp³-hybridized carbons (Fsp3) is 0.385. The van der Waals surface area contributed by atoms with Crippen molar-refractivity contribution in [1.29, 1.82) is 0 Å². The summed E-state index contributed by atoms with van der Waals surface area (Å²) in [5, 5.41) is 0. The standard InChI is InChI=1S/C26H29BrF3N3O5S/c1-31-39(36,37)18-20-12-13-23(22(27)16-20)33(24(34)26(28,29)30)15-7-11-21-10-5-6-14-32(21)25(35)38-17-19-8-3-2-4-9-19/h2-4,7-9,11-13,16,21,31H,5-6,10,14-15,17-18H2,1H3. The average Bonchev–Trinajstić information content (AvgIpc) is 2.90. The summed E-state index contributed by atoms with van der Waals surface area (Å²) in [4.78, 5) is 27.1. The van der Waals surface area contributed by atoms with E-state index in [0.29, 0.717) is 23.4 Å². The van der Waals surface area contributed by atoms with Crippen LogP contribution < -0.4 is 9.62 Å². The molecule has 39 heavy (non-hydrogen) atoms. The van der Waals surface area contributed by atoms with Crippen molar-refractivity contribution in [2.75, 3.05) is 25.0 Å². The number of ether oxygens (including phenoxy) is 1. The SMILES string of the molecule is CNS(=O)(=O)Cc1ccc(N(CC=CC2CCCCN2C(=O)OCc2ccccc2)C(=O)C(F)(F)F)c(Br)c1. The van der Waals surface area contributed by atoms with Gasteiger partial charge in [0, 0.05) is 17.6 Å². The van der Waals surface area contributed by atoms with Crippen LogP contribution in [0.2, 0.25) is 0 Å².